The monoisotopic (exact) mass is 518 g/mol. The van der Waals surface area contributed by atoms with Gasteiger partial charge in [0.15, 0.2) is 0 Å². The van der Waals surface area contributed by atoms with E-state index >= 15 is 0 Å². The molecule has 0 N–H and O–H groups in total. The molecule has 2 aliphatic rings. The molecule has 0 aliphatic heterocycles. The Balaban J connectivity index is 1.38. The van der Waals surface area contributed by atoms with Gasteiger partial charge in [-0.3, -0.25) is 0 Å². The normalized spacial score (nSPS) is 27.8. The summed E-state index contributed by atoms with van der Waals surface area (Å²) in [6.07, 6.45) is 6.53. The van der Waals surface area contributed by atoms with Crippen LogP contribution in [0.4, 0.5) is 0 Å². The fourth-order valence-corrected chi connectivity index (χ4v) is 6.51. The molecule has 206 valence electrons. The molecule has 0 saturated heterocycles. The largest absolute Gasteiger partial charge is 0.458 e. The van der Waals surface area contributed by atoms with E-state index in [1.807, 2.05) is 48.5 Å². The van der Waals surface area contributed by atoms with Gasteiger partial charge in [-0.15, -0.1) is 0 Å². The van der Waals surface area contributed by atoms with Crippen molar-refractivity contribution in [3.8, 4) is 11.1 Å². The quantitative estimate of drug-likeness (QED) is 0.344. The predicted octanol–water partition coefficient (Wildman–Crippen LogP) is 8.59. The minimum Gasteiger partial charge on any atom is -0.458 e. The Kier molecular flexibility index (Phi) is 9.33. The number of ether oxygens (including phenoxy) is 2. The highest BCUT2D eigenvalue weighted by Crippen LogP contribution is 2.37. The lowest BCUT2D eigenvalue weighted by atomic mass is 9.75. The highest BCUT2D eigenvalue weighted by Gasteiger charge is 2.34. The Labute approximate surface area is 229 Å². The molecule has 4 rings (SSSR count). The number of hydrogen-bond donors (Lipinski definition) is 0. The fraction of sp³-hybridized carbons (Fsp3) is 0.588. The molecule has 2 aliphatic carbocycles. The van der Waals surface area contributed by atoms with Crippen molar-refractivity contribution in [3.05, 3.63) is 59.7 Å². The number of hydrogen-bond acceptors (Lipinski definition) is 4. The molecule has 0 amide bonds. The van der Waals surface area contributed by atoms with Crippen molar-refractivity contribution in [1.82, 2.24) is 0 Å². The summed E-state index contributed by atoms with van der Waals surface area (Å²) in [5.41, 5.74) is 3.15. The lowest BCUT2D eigenvalue weighted by Gasteiger charge is -2.36. The average molecular weight is 519 g/mol. The second-order valence-corrected chi connectivity index (χ2v) is 12.7. The van der Waals surface area contributed by atoms with Crippen molar-refractivity contribution >= 4 is 11.9 Å². The fourth-order valence-electron chi connectivity index (χ4n) is 6.51. The highest BCUT2D eigenvalue weighted by molar-refractivity contribution is 5.91. The van der Waals surface area contributed by atoms with Gasteiger partial charge in [0.25, 0.3) is 0 Å². The second-order valence-electron chi connectivity index (χ2n) is 12.7. The van der Waals surface area contributed by atoms with Gasteiger partial charge in [0.1, 0.15) is 12.2 Å². The molecular weight excluding hydrogens is 472 g/mol. The SMILES string of the molecule is CC(C)[C@@H]1CC[C@@H](C)C[C@H]1OC(=O)c1ccc(-c2ccc(C(=O)O[C@@H]3C[C@H](C)CC[C@H]3C(C)C)cc2)cc1. The lowest BCUT2D eigenvalue weighted by molar-refractivity contribution is -0.0181. The molecule has 2 fully saturated rings. The van der Waals surface area contributed by atoms with Gasteiger partial charge in [-0.1, -0.05) is 78.6 Å². The molecule has 2 aromatic rings. The first-order chi connectivity index (χ1) is 18.1. The zero-order chi connectivity index (χ0) is 27.4. The Morgan fingerprint density at radius 3 is 1.26 bits per heavy atom. The third-order valence-corrected chi connectivity index (χ3v) is 9.01. The number of rotatable bonds is 7. The molecule has 0 bridgehead atoms. The molecule has 4 heteroatoms. The predicted molar refractivity (Wildman–Crippen MR) is 153 cm³/mol. The third kappa shape index (κ3) is 6.87. The standard InChI is InChI=1S/C34H46O4/c1-21(2)29-17-7-23(5)19-31(29)37-33(35)27-13-9-25(10-14-27)26-11-15-28(16-12-26)34(36)38-32-20-24(6)8-18-30(32)22(3)4/h9-16,21-24,29-32H,7-8,17-20H2,1-6H3/t23-,24-,29+,30+,31-,32-/m1/s1. The highest BCUT2D eigenvalue weighted by atomic mass is 16.5. The van der Waals surface area contributed by atoms with E-state index in [1.54, 1.807) is 0 Å². The molecule has 6 atom stereocenters. The van der Waals surface area contributed by atoms with E-state index in [0.717, 1.165) is 36.8 Å². The van der Waals surface area contributed by atoms with Crippen LogP contribution in [0.5, 0.6) is 0 Å². The summed E-state index contributed by atoms with van der Waals surface area (Å²) in [6.45, 7) is 13.4. The minimum atomic E-state index is -0.240. The number of benzene rings is 2. The Morgan fingerprint density at radius 1 is 0.605 bits per heavy atom. The van der Waals surface area contributed by atoms with E-state index in [4.69, 9.17) is 9.47 Å². The number of carbonyl (C=O) groups excluding carboxylic acids is 2. The van der Waals surface area contributed by atoms with E-state index < -0.39 is 0 Å². The first-order valence-corrected chi connectivity index (χ1v) is 14.7. The zero-order valence-electron chi connectivity index (χ0n) is 24.1. The first-order valence-electron chi connectivity index (χ1n) is 14.7. The Hall–Kier alpha value is -2.62. The lowest BCUT2D eigenvalue weighted by Crippen LogP contribution is -2.35. The second kappa shape index (κ2) is 12.5. The van der Waals surface area contributed by atoms with Gasteiger partial charge in [-0.2, -0.15) is 0 Å². The van der Waals surface area contributed by atoms with E-state index in [9.17, 15) is 9.59 Å². The van der Waals surface area contributed by atoms with E-state index in [0.29, 0.717) is 46.6 Å². The molecule has 2 saturated carbocycles. The number of esters is 2. The molecular formula is C34H46O4. The van der Waals surface area contributed by atoms with Crippen LogP contribution in [0.1, 0.15) is 101 Å². The third-order valence-electron chi connectivity index (χ3n) is 9.01. The van der Waals surface area contributed by atoms with Crippen LogP contribution in [-0.4, -0.2) is 24.1 Å². The van der Waals surface area contributed by atoms with Crippen molar-refractivity contribution < 1.29 is 19.1 Å². The topological polar surface area (TPSA) is 52.6 Å². The van der Waals surface area contributed by atoms with Crippen LogP contribution in [0.15, 0.2) is 48.5 Å². The van der Waals surface area contributed by atoms with Gasteiger partial charge in [0.2, 0.25) is 0 Å². The van der Waals surface area contributed by atoms with E-state index in [1.165, 1.54) is 12.8 Å². The average Bonchev–Trinajstić information content (AvgIpc) is 2.88. The van der Waals surface area contributed by atoms with Gasteiger partial charge in [-0.25, -0.2) is 9.59 Å². The summed E-state index contributed by atoms with van der Waals surface area (Å²) in [5.74, 6) is 2.57. The van der Waals surface area contributed by atoms with Gasteiger partial charge >= 0.3 is 11.9 Å². The summed E-state index contributed by atoms with van der Waals surface area (Å²) >= 11 is 0. The number of carbonyl (C=O) groups is 2. The van der Waals surface area contributed by atoms with Crippen molar-refractivity contribution in [2.75, 3.05) is 0 Å². The van der Waals surface area contributed by atoms with Crippen LogP contribution >= 0.6 is 0 Å². The molecule has 0 aromatic heterocycles. The van der Waals surface area contributed by atoms with Gasteiger partial charge < -0.3 is 9.47 Å². The van der Waals surface area contributed by atoms with Crippen molar-refractivity contribution in [3.63, 3.8) is 0 Å². The Bertz CT molecular complexity index is 981. The maximum atomic E-state index is 12.9. The van der Waals surface area contributed by atoms with Gasteiger partial charge in [-0.05, 0) is 96.6 Å². The van der Waals surface area contributed by atoms with Crippen molar-refractivity contribution in [1.29, 1.82) is 0 Å². The molecule has 0 radical (unpaired) electrons. The summed E-state index contributed by atoms with van der Waals surface area (Å²) in [5, 5.41) is 0. The van der Waals surface area contributed by atoms with Crippen LogP contribution in [0.2, 0.25) is 0 Å². The summed E-state index contributed by atoms with van der Waals surface area (Å²) in [7, 11) is 0. The van der Waals surface area contributed by atoms with Crippen LogP contribution in [0.3, 0.4) is 0 Å². The molecule has 2 aromatic carbocycles. The van der Waals surface area contributed by atoms with E-state index in [2.05, 4.69) is 41.5 Å². The summed E-state index contributed by atoms with van der Waals surface area (Å²) in [6, 6.07) is 15.2. The van der Waals surface area contributed by atoms with Crippen LogP contribution in [0, 0.1) is 35.5 Å². The van der Waals surface area contributed by atoms with Crippen LogP contribution in [-0.2, 0) is 9.47 Å². The van der Waals surface area contributed by atoms with Crippen LogP contribution in [0.25, 0.3) is 11.1 Å². The van der Waals surface area contributed by atoms with Crippen LogP contribution < -0.4 is 0 Å². The zero-order valence-corrected chi connectivity index (χ0v) is 24.1. The minimum absolute atomic E-state index is 0.00846. The molecule has 0 heterocycles. The Morgan fingerprint density at radius 2 is 0.947 bits per heavy atom. The van der Waals surface area contributed by atoms with Crippen molar-refractivity contribution in [2.45, 2.75) is 92.3 Å². The first kappa shape index (κ1) is 28.4. The molecule has 38 heavy (non-hydrogen) atoms. The van der Waals surface area contributed by atoms with Crippen molar-refractivity contribution in [2.24, 2.45) is 35.5 Å². The van der Waals surface area contributed by atoms with E-state index in [-0.39, 0.29) is 24.1 Å². The molecule has 0 spiro atoms. The summed E-state index contributed by atoms with van der Waals surface area (Å²) < 4.78 is 12.0. The summed E-state index contributed by atoms with van der Waals surface area (Å²) in [4.78, 5) is 25.9. The molecule has 0 unspecified atom stereocenters. The maximum Gasteiger partial charge on any atom is 0.338 e. The maximum absolute atomic E-state index is 12.9. The molecule has 4 nitrogen and oxygen atoms in total. The smallest absolute Gasteiger partial charge is 0.338 e. The van der Waals surface area contributed by atoms with Gasteiger partial charge in [0.05, 0.1) is 11.1 Å². The van der Waals surface area contributed by atoms with Gasteiger partial charge in [0, 0.05) is 0 Å².